The van der Waals surface area contributed by atoms with Crippen LogP contribution in [0.1, 0.15) is 12.8 Å². The lowest BCUT2D eigenvalue weighted by Crippen LogP contribution is -2.09. The van der Waals surface area contributed by atoms with Crippen LogP contribution in [0.15, 0.2) is 54.6 Å². The molecule has 0 aliphatic heterocycles. The summed E-state index contributed by atoms with van der Waals surface area (Å²) in [5.41, 5.74) is 7.74. The Morgan fingerprint density at radius 3 is 2.42 bits per heavy atom. The molecule has 0 radical (unpaired) electrons. The minimum atomic E-state index is 0.542. The summed E-state index contributed by atoms with van der Waals surface area (Å²) in [6.45, 7) is 0.626. The second-order valence-electron chi connectivity index (χ2n) is 4.28. The van der Waals surface area contributed by atoms with E-state index in [1.165, 1.54) is 0 Å². The summed E-state index contributed by atoms with van der Waals surface area (Å²) >= 11 is 4.85. The van der Waals surface area contributed by atoms with Crippen LogP contribution in [0, 0.1) is 0 Å². The van der Waals surface area contributed by atoms with Crippen molar-refractivity contribution in [2.75, 3.05) is 6.61 Å². The van der Waals surface area contributed by atoms with Gasteiger partial charge in [-0.3, -0.25) is 0 Å². The van der Waals surface area contributed by atoms with Gasteiger partial charge in [-0.2, -0.15) is 0 Å². The van der Waals surface area contributed by atoms with Gasteiger partial charge in [-0.05, 0) is 18.1 Å². The molecule has 0 aliphatic rings. The number of para-hydroxylation sites is 1. The van der Waals surface area contributed by atoms with Crippen LogP contribution in [0.3, 0.4) is 0 Å². The summed E-state index contributed by atoms with van der Waals surface area (Å²) in [5, 5.41) is 0. The van der Waals surface area contributed by atoms with E-state index >= 15 is 0 Å². The first-order valence-electron chi connectivity index (χ1n) is 6.33. The van der Waals surface area contributed by atoms with Crippen LogP contribution < -0.4 is 10.5 Å². The molecule has 0 amide bonds. The predicted octanol–water partition coefficient (Wildman–Crippen LogP) is 3.80. The van der Waals surface area contributed by atoms with E-state index in [-0.39, 0.29) is 0 Å². The van der Waals surface area contributed by atoms with Crippen molar-refractivity contribution in [3.63, 3.8) is 0 Å². The maximum atomic E-state index is 5.83. The monoisotopic (exact) mass is 271 g/mol. The molecule has 0 saturated carbocycles. The van der Waals surface area contributed by atoms with E-state index in [1.807, 2.05) is 36.4 Å². The van der Waals surface area contributed by atoms with Crippen LogP contribution in [-0.4, -0.2) is 11.6 Å². The molecule has 19 heavy (non-hydrogen) atoms. The Morgan fingerprint density at radius 1 is 1.00 bits per heavy atom. The normalized spacial score (nSPS) is 10.1. The minimum absolute atomic E-state index is 0.542. The summed E-state index contributed by atoms with van der Waals surface area (Å²) in [6.07, 6.45) is 1.57. The van der Waals surface area contributed by atoms with Crippen LogP contribution in [-0.2, 0) is 0 Å². The molecule has 3 heteroatoms. The molecule has 0 saturated heterocycles. The summed E-state index contributed by atoms with van der Waals surface area (Å²) in [7, 11) is 0. The first-order valence-corrected chi connectivity index (χ1v) is 6.74. The number of thiocarbonyl (C=S) groups is 1. The third-order valence-electron chi connectivity index (χ3n) is 2.80. The Morgan fingerprint density at radius 2 is 1.68 bits per heavy atom. The molecule has 0 aliphatic carbocycles. The molecular formula is C16H17NOS. The van der Waals surface area contributed by atoms with Crippen molar-refractivity contribution in [3.05, 3.63) is 54.6 Å². The first-order chi connectivity index (χ1) is 9.27. The summed E-state index contributed by atoms with van der Waals surface area (Å²) < 4.78 is 5.83. The van der Waals surface area contributed by atoms with Crippen molar-refractivity contribution in [1.29, 1.82) is 0 Å². The highest BCUT2D eigenvalue weighted by molar-refractivity contribution is 7.80. The molecule has 2 N–H and O–H groups in total. The van der Waals surface area contributed by atoms with Gasteiger partial charge in [0.1, 0.15) is 5.75 Å². The Bertz CT molecular complexity index is 539. The van der Waals surface area contributed by atoms with Crippen LogP contribution >= 0.6 is 12.2 Å². The van der Waals surface area contributed by atoms with E-state index in [4.69, 9.17) is 22.7 Å². The zero-order valence-electron chi connectivity index (χ0n) is 10.7. The zero-order chi connectivity index (χ0) is 13.5. The van der Waals surface area contributed by atoms with Gasteiger partial charge in [0.15, 0.2) is 0 Å². The molecule has 0 bridgehead atoms. The molecule has 0 spiro atoms. The number of nitrogens with two attached hydrogens (primary N) is 1. The molecule has 2 nitrogen and oxygen atoms in total. The van der Waals surface area contributed by atoms with Gasteiger partial charge in [-0.1, -0.05) is 60.7 Å². The highest BCUT2D eigenvalue weighted by Crippen LogP contribution is 2.29. The van der Waals surface area contributed by atoms with Crippen molar-refractivity contribution in [1.82, 2.24) is 0 Å². The average molecular weight is 271 g/mol. The smallest absolute Gasteiger partial charge is 0.127 e. The molecule has 2 rings (SSSR count). The predicted molar refractivity (Wildman–Crippen MR) is 83.4 cm³/mol. The fourth-order valence-corrected chi connectivity index (χ4v) is 2.02. The molecule has 0 aromatic heterocycles. The number of hydrogen-bond acceptors (Lipinski definition) is 2. The SMILES string of the molecule is NC(=S)CCCOc1ccccc1-c1ccccc1. The lowest BCUT2D eigenvalue weighted by Gasteiger charge is -2.11. The van der Waals surface area contributed by atoms with Crippen LogP contribution in [0.25, 0.3) is 11.1 Å². The minimum Gasteiger partial charge on any atom is -0.493 e. The standard InChI is InChI=1S/C16H17NOS/c17-16(19)11-6-12-18-15-10-5-4-9-14(15)13-7-2-1-3-8-13/h1-5,7-10H,6,11-12H2,(H2,17,19). The van der Waals surface area contributed by atoms with E-state index in [9.17, 15) is 0 Å². The van der Waals surface area contributed by atoms with Crippen molar-refractivity contribution in [3.8, 4) is 16.9 Å². The molecule has 0 heterocycles. The highest BCUT2D eigenvalue weighted by Gasteiger charge is 2.04. The molecule has 0 fully saturated rings. The van der Waals surface area contributed by atoms with Gasteiger partial charge in [0.25, 0.3) is 0 Å². The molecule has 0 unspecified atom stereocenters. The average Bonchev–Trinajstić information content (AvgIpc) is 2.45. The van der Waals surface area contributed by atoms with Gasteiger partial charge in [0, 0.05) is 12.0 Å². The van der Waals surface area contributed by atoms with Gasteiger partial charge in [-0.25, -0.2) is 0 Å². The van der Waals surface area contributed by atoms with Gasteiger partial charge in [0.2, 0.25) is 0 Å². The van der Waals surface area contributed by atoms with E-state index in [0.29, 0.717) is 11.6 Å². The van der Waals surface area contributed by atoms with Crippen molar-refractivity contribution in [2.45, 2.75) is 12.8 Å². The van der Waals surface area contributed by atoms with Crippen molar-refractivity contribution >= 4 is 17.2 Å². The highest BCUT2D eigenvalue weighted by atomic mass is 32.1. The number of ether oxygens (including phenoxy) is 1. The Balaban J connectivity index is 2.07. The topological polar surface area (TPSA) is 35.2 Å². The third-order valence-corrected chi connectivity index (χ3v) is 3.00. The van der Waals surface area contributed by atoms with Crippen LogP contribution in [0.5, 0.6) is 5.75 Å². The maximum absolute atomic E-state index is 5.83. The number of benzene rings is 2. The Hall–Kier alpha value is -1.87. The van der Waals surface area contributed by atoms with Crippen LogP contribution in [0.2, 0.25) is 0 Å². The summed E-state index contributed by atoms with van der Waals surface area (Å²) in [6, 6.07) is 18.3. The lowest BCUT2D eigenvalue weighted by atomic mass is 10.1. The second kappa shape index (κ2) is 6.90. The first kappa shape index (κ1) is 13.6. The quantitative estimate of drug-likeness (QED) is 0.641. The van der Waals surface area contributed by atoms with Crippen molar-refractivity contribution < 1.29 is 4.74 Å². The fourth-order valence-electron chi connectivity index (χ4n) is 1.88. The Labute approximate surface area is 119 Å². The Kier molecular flexibility index (Phi) is 4.93. The van der Waals surface area contributed by atoms with Gasteiger partial charge in [-0.15, -0.1) is 0 Å². The second-order valence-corrected chi connectivity index (χ2v) is 4.80. The van der Waals surface area contributed by atoms with E-state index in [2.05, 4.69) is 18.2 Å². The summed E-state index contributed by atoms with van der Waals surface area (Å²) in [5.74, 6) is 0.900. The lowest BCUT2D eigenvalue weighted by molar-refractivity contribution is 0.315. The zero-order valence-corrected chi connectivity index (χ0v) is 11.5. The molecule has 2 aromatic rings. The molecule has 0 atom stereocenters. The van der Waals surface area contributed by atoms with Gasteiger partial charge >= 0.3 is 0 Å². The van der Waals surface area contributed by atoms with E-state index < -0.39 is 0 Å². The number of hydrogen-bond donors (Lipinski definition) is 1. The maximum Gasteiger partial charge on any atom is 0.127 e. The van der Waals surface area contributed by atoms with Gasteiger partial charge in [0.05, 0.1) is 11.6 Å². The fraction of sp³-hybridized carbons (Fsp3) is 0.188. The largest absolute Gasteiger partial charge is 0.493 e. The van der Waals surface area contributed by atoms with Crippen LogP contribution in [0.4, 0.5) is 0 Å². The molecule has 2 aromatic carbocycles. The summed E-state index contributed by atoms with van der Waals surface area (Å²) in [4.78, 5) is 0.542. The van der Waals surface area contributed by atoms with E-state index in [0.717, 1.165) is 29.7 Å². The molecular weight excluding hydrogens is 254 g/mol. The molecule has 98 valence electrons. The number of rotatable bonds is 6. The van der Waals surface area contributed by atoms with Gasteiger partial charge < -0.3 is 10.5 Å². The van der Waals surface area contributed by atoms with E-state index in [1.54, 1.807) is 0 Å². The third kappa shape index (κ3) is 4.07. The van der Waals surface area contributed by atoms with Crippen molar-refractivity contribution in [2.24, 2.45) is 5.73 Å².